The Morgan fingerprint density at radius 1 is 1.18 bits per heavy atom. The molecule has 0 aliphatic carbocycles. The maximum absolute atomic E-state index is 12.0. The van der Waals surface area contributed by atoms with Crippen LogP contribution in [0.25, 0.3) is 21.9 Å². The number of amides is 1. The van der Waals surface area contributed by atoms with Crippen LogP contribution in [-0.4, -0.2) is 40.7 Å². The SMILES string of the molecule is COCCc1nc2cnc3ccccc3c2n1CCCCNC(=O)C(C)(C)C. The standard InChI is InChI=1S/C22H30N4O2/c1-22(2,3)21(27)23-12-7-8-13-26-19(11-14-28-4)25-18-15-24-17-10-6-5-9-16(17)20(18)26/h5-6,9-10,15H,7-8,11-14H2,1-4H3,(H,23,27). The number of imidazole rings is 1. The Hall–Kier alpha value is -2.47. The van der Waals surface area contributed by atoms with E-state index in [2.05, 4.69) is 20.9 Å². The fraction of sp³-hybridized carbons (Fsp3) is 0.500. The van der Waals surface area contributed by atoms with Crippen LogP contribution in [-0.2, 0) is 22.5 Å². The summed E-state index contributed by atoms with van der Waals surface area (Å²) in [7, 11) is 1.71. The van der Waals surface area contributed by atoms with Crippen molar-refractivity contribution in [1.82, 2.24) is 19.9 Å². The number of nitrogens with one attached hydrogen (secondary N) is 1. The van der Waals surface area contributed by atoms with E-state index in [0.717, 1.165) is 53.6 Å². The number of hydrogen-bond donors (Lipinski definition) is 1. The number of aryl methyl sites for hydroxylation is 1. The van der Waals surface area contributed by atoms with Gasteiger partial charge in [-0.15, -0.1) is 0 Å². The molecule has 0 aliphatic rings. The van der Waals surface area contributed by atoms with Crippen LogP contribution in [0.5, 0.6) is 0 Å². The molecule has 1 N–H and O–H groups in total. The van der Waals surface area contributed by atoms with Crippen LogP contribution < -0.4 is 5.32 Å². The number of benzene rings is 1. The predicted octanol–water partition coefficient (Wildman–Crippen LogP) is 3.72. The first-order valence-electron chi connectivity index (χ1n) is 9.92. The van der Waals surface area contributed by atoms with Gasteiger partial charge < -0.3 is 14.6 Å². The zero-order valence-electron chi connectivity index (χ0n) is 17.3. The smallest absolute Gasteiger partial charge is 0.225 e. The molecule has 0 aliphatic heterocycles. The summed E-state index contributed by atoms with van der Waals surface area (Å²) in [5.74, 6) is 1.12. The molecule has 3 aromatic rings. The molecule has 0 spiro atoms. The average Bonchev–Trinajstić information content (AvgIpc) is 3.03. The average molecular weight is 383 g/mol. The Morgan fingerprint density at radius 3 is 2.71 bits per heavy atom. The molecule has 2 heterocycles. The molecule has 0 atom stereocenters. The van der Waals surface area contributed by atoms with Gasteiger partial charge in [-0.05, 0) is 18.9 Å². The monoisotopic (exact) mass is 382 g/mol. The number of pyridine rings is 1. The normalized spacial score (nSPS) is 12.0. The molecular weight excluding hydrogens is 352 g/mol. The molecule has 1 aromatic carbocycles. The van der Waals surface area contributed by atoms with Crippen molar-refractivity contribution in [3.8, 4) is 0 Å². The zero-order chi connectivity index (χ0) is 20.1. The van der Waals surface area contributed by atoms with E-state index in [1.165, 1.54) is 0 Å². The van der Waals surface area contributed by atoms with Crippen LogP contribution in [0.4, 0.5) is 0 Å². The number of para-hydroxylation sites is 1. The van der Waals surface area contributed by atoms with Crippen molar-refractivity contribution >= 4 is 27.8 Å². The molecule has 6 heteroatoms. The zero-order valence-corrected chi connectivity index (χ0v) is 17.3. The van der Waals surface area contributed by atoms with E-state index >= 15 is 0 Å². The van der Waals surface area contributed by atoms with Gasteiger partial charge in [0, 0.05) is 37.4 Å². The van der Waals surface area contributed by atoms with Crippen LogP contribution >= 0.6 is 0 Å². The highest BCUT2D eigenvalue weighted by molar-refractivity contribution is 6.02. The van der Waals surface area contributed by atoms with Gasteiger partial charge in [0.05, 0.1) is 23.8 Å². The summed E-state index contributed by atoms with van der Waals surface area (Å²) in [4.78, 5) is 21.4. The van der Waals surface area contributed by atoms with Crippen molar-refractivity contribution in [3.05, 3.63) is 36.3 Å². The van der Waals surface area contributed by atoms with E-state index in [1.807, 2.05) is 45.2 Å². The lowest BCUT2D eigenvalue weighted by Crippen LogP contribution is -2.35. The van der Waals surface area contributed by atoms with Crippen molar-refractivity contribution in [2.24, 2.45) is 5.41 Å². The molecular formula is C22H30N4O2. The molecule has 150 valence electrons. The summed E-state index contributed by atoms with van der Waals surface area (Å²) in [5.41, 5.74) is 2.69. The number of unbranched alkanes of at least 4 members (excludes halogenated alkanes) is 1. The number of methoxy groups -OCH3 is 1. The molecule has 1 amide bonds. The van der Waals surface area contributed by atoms with E-state index in [1.54, 1.807) is 7.11 Å². The van der Waals surface area contributed by atoms with Gasteiger partial charge in [0.1, 0.15) is 11.3 Å². The van der Waals surface area contributed by atoms with Gasteiger partial charge in [0.25, 0.3) is 0 Å². The van der Waals surface area contributed by atoms with Crippen LogP contribution in [0.1, 0.15) is 39.4 Å². The number of aromatic nitrogens is 3. The Labute approximate surface area is 166 Å². The third-order valence-corrected chi connectivity index (χ3v) is 4.86. The van der Waals surface area contributed by atoms with Crippen molar-refractivity contribution in [1.29, 1.82) is 0 Å². The number of carbonyl (C=O) groups excluding carboxylic acids is 1. The van der Waals surface area contributed by atoms with Crippen LogP contribution in [0.3, 0.4) is 0 Å². The van der Waals surface area contributed by atoms with Gasteiger partial charge in [0.15, 0.2) is 0 Å². The second-order valence-corrected chi connectivity index (χ2v) is 8.14. The number of fused-ring (bicyclic) bond motifs is 3. The van der Waals surface area contributed by atoms with Gasteiger partial charge in [-0.2, -0.15) is 0 Å². The minimum atomic E-state index is -0.347. The van der Waals surface area contributed by atoms with Gasteiger partial charge in [0.2, 0.25) is 5.91 Å². The highest BCUT2D eigenvalue weighted by atomic mass is 16.5. The van der Waals surface area contributed by atoms with Crippen molar-refractivity contribution in [3.63, 3.8) is 0 Å². The number of rotatable bonds is 8. The largest absolute Gasteiger partial charge is 0.384 e. The van der Waals surface area contributed by atoms with Crippen LogP contribution in [0.15, 0.2) is 30.5 Å². The molecule has 28 heavy (non-hydrogen) atoms. The van der Waals surface area contributed by atoms with E-state index in [9.17, 15) is 4.79 Å². The van der Waals surface area contributed by atoms with Gasteiger partial charge in [-0.3, -0.25) is 9.78 Å². The first-order chi connectivity index (χ1) is 13.4. The van der Waals surface area contributed by atoms with Crippen molar-refractivity contribution in [2.75, 3.05) is 20.3 Å². The summed E-state index contributed by atoms with van der Waals surface area (Å²) in [5, 5.41) is 4.15. The molecule has 2 aromatic heterocycles. The lowest BCUT2D eigenvalue weighted by atomic mass is 9.96. The number of carbonyl (C=O) groups is 1. The predicted molar refractivity (Wildman–Crippen MR) is 112 cm³/mol. The summed E-state index contributed by atoms with van der Waals surface area (Å²) in [6.07, 6.45) is 4.51. The Bertz CT molecular complexity index is 956. The second kappa shape index (κ2) is 8.69. The number of ether oxygens (including phenoxy) is 1. The van der Waals surface area contributed by atoms with Crippen molar-refractivity contribution in [2.45, 2.75) is 46.6 Å². The van der Waals surface area contributed by atoms with Crippen LogP contribution in [0.2, 0.25) is 0 Å². The molecule has 0 saturated heterocycles. The van der Waals surface area contributed by atoms with Crippen LogP contribution in [0, 0.1) is 5.41 Å². The van der Waals surface area contributed by atoms with Gasteiger partial charge >= 0.3 is 0 Å². The molecule has 0 bridgehead atoms. The topological polar surface area (TPSA) is 69.0 Å². The highest BCUT2D eigenvalue weighted by Crippen LogP contribution is 2.25. The summed E-state index contributed by atoms with van der Waals surface area (Å²) < 4.78 is 7.56. The van der Waals surface area contributed by atoms with Gasteiger partial charge in [-0.1, -0.05) is 39.0 Å². The van der Waals surface area contributed by atoms with E-state index in [-0.39, 0.29) is 11.3 Å². The lowest BCUT2D eigenvalue weighted by molar-refractivity contribution is -0.128. The lowest BCUT2D eigenvalue weighted by Gasteiger charge is -2.17. The molecule has 0 unspecified atom stereocenters. The fourth-order valence-corrected chi connectivity index (χ4v) is 3.30. The van der Waals surface area contributed by atoms with Gasteiger partial charge in [-0.25, -0.2) is 4.98 Å². The number of hydrogen-bond acceptors (Lipinski definition) is 4. The summed E-state index contributed by atoms with van der Waals surface area (Å²) in [6, 6.07) is 8.18. The maximum Gasteiger partial charge on any atom is 0.225 e. The minimum Gasteiger partial charge on any atom is -0.384 e. The Kier molecular flexibility index (Phi) is 6.29. The Morgan fingerprint density at radius 2 is 1.96 bits per heavy atom. The molecule has 3 rings (SSSR count). The second-order valence-electron chi connectivity index (χ2n) is 8.14. The Balaban J connectivity index is 1.78. The maximum atomic E-state index is 12.0. The summed E-state index contributed by atoms with van der Waals surface area (Å²) in [6.45, 7) is 7.98. The van der Waals surface area contributed by atoms with Crippen molar-refractivity contribution < 1.29 is 9.53 Å². The third-order valence-electron chi connectivity index (χ3n) is 4.86. The molecule has 0 radical (unpaired) electrons. The minimum absolute atomic E-state index is 0.0958. The van der Waals surface area contributed by atoms with E-state index in [4.69, 9.17) is 9.72 Å². The fourth-order valence-electron chi connectivity index (χ4n) is 3.30. The number of nitrogens with zero attached hydrogens (tertiary/aromatic N) is 3. The molecule has 6 nitrogen and oxygen atoms in total. The van der Waals surface area contributed by atoms with E-state index in [0.29, 0.717) is 13.2 Å². The molecule has 0 saturated carbocycles. The molecule has 0 fully saturated rings. The highest BCUT2D eigenvalue weighted by Gasteiger charge is 2.20. The van der Waals surface area contributed by atoms with E-state index < -0.39 is 0 Å². The first kappa shape index (κ1) is 20.3. The third kappa shape index (κ3) is 4.50. The quantitative estimate of drug-likeness (QED) is 0.603. The summed E-state index contributed by atoms with van der Waals surface area (Å²) >= 11 is 0. The first-order valence-corrected chi connectivity index (χ1v) is 9.92.